The standard InChI is InChI=1S/C21H23F2NO/c22-21(23)20-12-5-4-10-19(20)15-25-24-14-16-7-6-11-18(13-16)17-8-2-1-3-9-17/h4-7,10-14,17,21H,1-3,8-9,15H2. The van der Waals surface area contributed by atoms with Crippen molar-refractivity contribution in [2.75, 3.05) is 0 Å². The van der Waals surface area contributed by atoms with E-state index in [2.05, 4.69) is 17.3 Å². The summed E-state index contributed by atoms with van der Waals surface area (Å²) in [6.45, 7) is 0.0410. The molecule has 0 saturated heterocycles. The van der Waals surface area contributed by atoms with Crippen molar-refractivity contribution in [3.63, 3.8) is 0 Å². The summed E-state index contributed by atoms with van der Waals surface area (Å²) >= 11 is 0. The molecule has 1 aliphatic carbocycles. The molecule has 0 atom stereocenters. The SMILES string of the molecule is FC(F)c1ccccc1CON=Cc1cccc(C2CCCCC2)c1. The van der Waals surface area contributed by atoms with E-state index in [0.717, 1.165) is 5.56 Å². The van der Waals surface area contributed by atoms with Gasteiger partial charge in [0.05, 0.1) is 6.21 Å². The fourth-order valence-corrected chi connectivity index (χ4v) is 3.41. The van der Waals surface area contributed by atoms with Crippen molar-refractivity contribution < 1.29 is 13.6 Å². The minimum absolute atomic E-state index is 0.00278. The van der Waals surface area contributed by atoms with Crippen LogP contribution >= 0.6 is 0 Å². The zero-order valence-corrected chi connectivity index (χ0v) is 14.2. The second kappa shape index (κ2) is 8.75. The van der Waals surface area contributed by atoms with Crippen molar-refractivity contribution in [1.82, 2.24) is 0 Å². The maximum Gasteiger partial charge on any atom is 0.264 e. The van der Waals surface area contributed by atoms with Crippen LogP contribution in [0.4, 0.5) is 8.78 Å². The lowest BCUT2D eigenvalue weighted by Crippen LogP contribution is -2.04. The Kier molecular flexibility index (Phi) is 6.15. The average molecular weight is 343 g/mol. The van der Waals surface area contributed by atoms with E-state index >= 15 is 0 Å². The summed E-state index contributed by atoms with van der Waals surface area (Å²) < 4.78 is 25.9. The number of hydrogen-bond acceptors (Lipinski definition) is 2. The summed E-state index contributed by atoms with van der Waals surface area (Å²) in [6.07, 6.45) is 5.59. The third kappa shape index (κ3) is 4.88. The van der Waals surface area contributed by atoms with E-state index in [1.165, 1.54) is 43.7 Å². The third-order valence-electron chi connectivity index (χ3n) is 4.77. The van der Waals surface area contributed by atoms with E-state index in [4.69, 9.17) is 4.84 Å². The summed E-state index contributed by atoms with van der Waals surface area (Å²) in [5.41, 5.74) is 2.79. The molecule has 0 heterocycles. The minimum atomic E-state index is -2.50. The highest BCUT2D eigenvalue weighted by atomic mass is 19.3. The van der Waals surface area contributed by atoms with Gasteiger partial charge in [0, 0.05) is 11.1 Å². The van der Waals surface area contributed by atoms with Gasteiger partial charge in [-0.05, 0) is 36.0 Å². The Hall–Kier alpha value is -2.23. The first-order chi connectivity index (χ1) is 12.2. The number of nitrogens with zero attached hydrogens (tertiary/aromatic N) is 1. The average Bonchev–Trinajstić information content (AvgIpc) is 2.66. The molecule has 132 valence electrons. The quantitative estimate of drug-likeness (QED) is 0.450. The molecular weight excluding hydrogens is 320 g/mol. The van der Waals surface area contributed by atoms with Gasteiger partial charge in [0.15, 0.2) is 0 Å². The smallest absolute Gasteiger partial charge is 0.264 e. The molecule has 0 N–H and O–H groups in total. The van der Waals surface area contributed by atoms with Crippen LogP contribution < -0.4 is 0 Å². The Bertz CT molecular complexity index is 709. The molecule has 1 fully saturated rings. The van der Waals surface area contributed by atoms with E-state index < -0.39 is 6.43 Å². The van der Waals surface area contributed by atoms with Crippen LogP contribution in [0.25, 0.3) is 0 Å². The Labute approximate surface area is 147 Å². The van der Waals surface area contributed by atoms with E-state index in [1.807, 2.05) is 12.1 Å². The molecular formula is C21H23F2NO. The second-order valence-electron chi connectivity index (χ2n) is 6.51. The largest absolute Gasteiger partial charge is 0.391 e. The predicted octanol–water partition coefficient (Wildman–Crippen LogP) is 6.22. The molecule has 1 saturated carbocycles. The third-order valence-corrected chi connectivity index (χ3v) is 4.77. The van der Waals surface area contributed by atoms with Gasteiger partial charge < -0.3 is 4.84 Å². The Morgan fingerprint density at radius 3 is 2.64 bits per heavy atom. The van der Waals surface area contributed by atoms with Gasteiger partial charge in [0.25, 0.3) is 6.43 Å². The summed E-state index contributed by atoms with van der Waals surface area (Å²) in [4.78, 5) is 5.24. The summed E-state index contributed by atoms with van der Waals surface area (Å²) in [6, 6.07) is 14.7. The predicted molar refractivity (Wildman–Crippen MR) is 96.1 cm³/mol. The van der Waals surface area contributed by atoms with Crippen LogP contribution in [0.1, 0.15) is 66.7 Å². The van der Waals surface area contributed by atoms with Crippen LogP contribution in [0, 0.1) is 0 Å². The summed E-state index contributed by atoms with van der Waals surface area (Å²) in [5.74, 6) is 0.640. The molecule has 2 aromatic rings. The normalized spacial score (nSPS) is 15.8. The van der Waals surface area contributed by atoms with Crippen molar-refractivity contribution in [3.05, 3.63) is 70.8 Å². The van der Waals surface area contributed by atoms with Crippen molar-refractivity contribution in [3.8, 4) is 0 Å². The van der Waals surface area contributed by atoms with Crippen LogP contribution in [0.5, 0.6) is 0 Å². The summed E-state index contributed by atoms with van der Waals surface area (Å²) in [5, 5.41) is 3.95. The number of oxime groups is 1. The fraction of sp³-hybridized carbons (Fsp3) is 0.381. The van der Waals surface area contributed by atoms with Gasteiger partial charge in [-0.3, -0.25) is 0 Å². The van der Waals surface area contributed by atoms with Crippen LogP contribution in [-0.4, -0.2) is 6.21 Å². The maximum absolute atomic E-state index is 12.9. The topological polar surface area (TPSA) is 21.6 Å². The Morgan fingerprint density at radius 1 is 1.04 bits per heavy atom. The molecule has 2 nitrogen and oxygen atoms in total. The highest BCUT2D eigenvalue weighted by Gasteiger charge is 2.15. The van der Waals surface area contributed by atoms with E-state index in [1.54, 1.807) is 24.4 Å². The fourth-order valence-electron chi connectivity index (χ4n) is 3.41. The molecule has 0 aromatic heterocycles. The van der Waals surface area contributed by atoms with Crippen molar-refractivity contribution in [2.24, 2.45) is 5.16 Å². The number of halogens is 2. The van der Waals surface area contributed by atoms with Gasteiger partial charge in [-0.15, -0.1) is 0 Å². The first-order valence-electron chi connectivity index (χ1n) is 8.85. The summed E-state index contributed by atoms with van der Waals surface area (Å²) in [7, 11) is 0. The molecule has 0 aliphatic heterocycles. The van der Waals surface area contributed by atoms with Gasteiger partial charge >= 0.3 is 0 Å². The highest BCUT2D eigenvalue weighted by molar-refractivity contribution is 5.79. The molecule has 0 radical (unpaired) electrons. The first-order valence-corrected chi connectivity index (χ1v) is 8.85. The van der Waals surface area contributed by atoms with Crippen LogP contribution in [0.3, 0.4) is 0 Å². The molecule has 0 bridgehead atoms. The Balaban J connectivity index is 1.59. The zero-order valence-electron chi connectivity index (χ0n) is 14.2. The molecule has 1 aliphatic rings. The number of alkyl halides is 2. The van der Waals surface area contributed by atoms with Crippen molar-refractivity contribution in [1.29, 1.82) is 0 Å². The van der Waals surface area contributed by atoms with Crippen LogP contribution in [-0.2, 0) is 11.4 Å². The van der Waals surface area contributed by atoms with Gasteiger partial charge in [-0.1, -0.05) is 66.9 Å². The molecule has 25 heavy (non-hydrogen) atoms. The lowest BCUT2D eigenvalue weighted by Gasteiger charge is -2.22. The molecule has 0 amide bonds. The molecule has 0 spiro atoms. The lowest BCUT2D eigenvalue weighted by molar-refractivity contribution is 0.120. The van der Waals surface area contributed by atoms with Crippen LogP contribution in [0.15, 0.2) is 53.7 Å². The van der Waals surface area contributed by atoms with E-state index in [-0.39, 0.29) is 12.2 Å². The minimum Gasteiger partial charge on any atom is -0.391 e. The zero-order chi connectivity index (χ0) is 17.5. The number of hydrogen-bond donors (Lipinski definition) is 0. The van der Waals surface area contributed by atoms with Crippen molar-refractivity contribution in [2.45, 2.75) is 51.1 Å². The second-order valence-corrected chi connectivity index (χ2v) is 6.51. The molecule has 0 unspecified atom stereocenters. The van der Waals surface area contributed by atoms with E-state index in [9.17, 15) is 8.78 Å². The monoisotopic (exact) mass is 343 g/mol. The first kappa shape index (κ1) is 17.6. The van der Waals surface area contributed by atoms with Gasteiger partial charge in [0.1, 0.15) is 6.61 Å². The maximum atomic E-state index is 12.9. The highest BCUT2D eigenvalue weighted by Crippen LogP contribution is 2.32. The van der Waals surface area contributed by atoms with Gasteiger partial charge in [0.2, 0.25) is 0 Å². The van der Waals surface area contributed by atoms with Gasteiger partial charge in [-0.2, -0.15) is 0 Å². The molecule has 3 rings (SSSR count). The van der Waals surface area contributed by atoms with Crippen LogP contribution in [0.2, 0.25) is 0 Å². The molecule has 4 heteroatoms. The lowest BCUT2D eigenvalue weighted by atomic mass is 9.84. The molecule has 2 aromatic carbocycles. The Morgan fingerprint density at radius 2 is 1.84 bits per heavy atom. The van der Waals surface area contributed by atoms with Crippen molar-refractivity contribution >= 4 is 6.21 Å². The number of rotatable bonds is 6. The van der Waals surface area contributed by atoms with E-state index in [0.29, 0.717) is 11.5 Å². The number of benzene rings is 2. The van der Waals surface area contributed by atoms with Gasteiger partial charge in [-0.25, -0.2) is 8.78 Å².